The maximum Gasteiger partial charge on any atom is 0.264 e. The number of aromatic nitrogens is 1. The third-order valence-corrected chi connectivity index (χ3v) is 5.39. The van der Waals surface area contributed by atoms with Crippen LogP contribution in [0.25, 0.3) is 6.08 Å². The number of thiazole rings is 1. The van der Waals surface area contributed by atoms with Crippen LogP contribution in [0.2, 0.25) is 0 Å². The second-order valence-corrected chi connectivity index (χ2v) is 7.51. The minimum atomic E-state index is -0.199. The molecular weight excluding hydrogens is 368 g/mol. The Bertz CT molecular complexity index is 917. The Balaban J connectivity index is 1.79. The number of nitrogens with one attached hydrogen (secondary N) is 1. The van der Waals surface area contributed by atoms with E-state index in [4.69, 9.17) is 0 Å². The highest BCUT2D eigenvalue weighted by molar-refractivity contribution is 8.18. The molecule has 1 aliphatic rings. The van der Waals surface area contributed by atoms with E-state index in [1.807, 2.05) is 43.5 Å². The van der Waals surface area contributed by atoms with Crippen molar-refractivity contribution in [1.29, 1.82) is 0 Å². The van der Waals surface area contributed by atoms with Gasteiger partial charge in [0.25, 0.3) is 5.91 Å². The Morgan fingerprint density at radius 2 is 2.23 bits per heavy atom. The fourth-order valence-corrected chi connectivity index (χ4v) is 4.11. The number of aryl methyl sites for hydroxylation is 1. The molecule has 8 heteroatoms. The van der Waals surface area contributed by atoms with Gasteiger partial charge in [-0.2, -0.15) is 0 Å². The second-order valence-electron chi connectivity index (χ2n) is 5.64. The van der Waals surface area contributed by atoms with Crippen molar-refractivity contribution in [2.75, 3.05) is 11.4 Å². The van der Waals surface area contributed by atoms with Crippen molar-refractivity contribution in [3.8, 4) is 0 Å². The first-order valence-electron chi connectivity index (χ1n) is 8.06. The maximum absolute atomic E-state index is 12.2. The minimum Gasteiger partial charge on any atom is -0.300 e. The lowest BCUT2D eigenvalue weighted by Gasteiger charge is -2.14. The number of hydrogen-bond donors (Lipinski definition) is 1. The predicted molar refractivity (Wildman–Crippen MR) is 108 cm³/mol. The van der Waals surface area contributed by atoms with Crippen molar-refractivity contribution >= 4 is 57.0 Å². The molecule has 1 aromatic carbocycles. The molecular formula is C18H18N4O2S2. The van der Waals surface area contributed by atoms with E-state index >= 15 is 0 Å². The largest absolute Gasteiger partial charge is 0.300 e. The first-order valence-corrected chi connectivity index (χ1v) is 9.75. The van der Waals surface area contributed by atoms with E-state index in [0.29, 0.717) is 27.4 Å². The number of anilines is 1. The van der Waals surface area contributed by atoms with Crippen molar-refractivity contribution in [2.24, 2.45) is 4.99 Å². The molecule has 0 saturated carbocycles. The summed E-state index contributed by atoms with van der Waals surface area (Å²) in [5.74, 6) is -0.253. The smallest absolute Gasteiger partial charge is 0.264 e. The summed E-state index contributed by atoms with van der Waals surface area (Å²) in [6.07, 6.45) is 1.72. The number of amides is 2. The van der Waals surface area contributed by atoms with Gasteiger partial charge in [0.05, 0.1) is 16.3 Å². The SMILES string of the molecule is CCN(C(C)=O)c1nc(/C=C2/SC(=Nc3cccc(C)c3)NC2=O)cs1. The number of hydrogen-bond acceptors (Lipinski definition) is 6. The molecule has 0 unspecified atom stereocenters. The third kappa shape index (κ3) is 4.20. The van der Waals surface area contributed by atoms with Crippen LogP contribution in [0.4, 0.5) is 10.8 Å². The molecule has 134 valence electrons. The van der Waals surface area contributed by atoms with Gasteiger partial charge >= 0.3 is 0 Å². The molecule has 0 atom stereocenters. The lowest BCUT2D eigenvalue weighted by atomic mass is 10.2. The average Bonchev–Trinajstić information content (AvgIpc) is 3.15. The van der Waals surface area contributed by atoms with Gasteiger partial charge in [0.15, 0.2) is 10.3 Å². The third-order valence-electron chi connectivity index (χ3n) is 3.60. The zero-order valence-electron chi connectivity index (χ0n) is 14.6. The summed E-state index contributed by atoms with van der Waals surface area (Å²) < 4.78 is 0. The van der Waals surface area contributed by atoms with Gasteiger partial charge in [0, 0.05) is 18.8 Å². The number of thioether (sulfide) groups is 1. The van der Waals surface area contributed by atoms with E-state index in [1.165, 1.54) is 30.0 Å². The highest BCUT2D eigenvalue weighted by Gasteiger charge is 2.24. The van der Waals surface area contributed by atoms with Crippen LogP contribution >= 0.6 is 23.1 Å². The Kier molecular flexibility index (Phi) is 5.53. The fourth-order valence-electron chi connectivity index (χ4n) is 2.39. The Hall–Kier alpha value is -2.45. The number of benzene rings is 1. The highest BCUT2D eigenvalue weighted by Crippen LogP contribution is 2.29. The summed E-state index contributed by atoms with van der Waals surface area (Å²) in [7, 11) is 0. The molecule has 1 saturated heterocycles. The van der Waals surface area contributed by atoms with Crippen LogP contribution in [0.3, 0.4) is 0 Å². The molecule has 1 fully saturated rings. The quantitative estimate of drug-likeness (QED) is 0.813. The Labute approximate surface area is 160 Å². The van der Waals surface area contributed by atoms with Crippen molar-refractivity contribution in [2.45, 2.75) is 20.8 Å². The summed E-state index contributed by atoms with van der Waals surface area (Å²) in [6.45, 7) is 5.96. The Morgan fingerprint density at radius 1 is 1.42 bits per heavy atom. The highest BCUT2D eigenvalue weighted by atomic mass is 32.2. The lowest BCUT2D eigenvalue weighted by Crippen LogP contribution is -2.27. The molecule has 0 aliphatic carbocycles. The zero-order chi connectivity index (χ0) is 18.7. The van der Waals surface area contributed by atoms with E-state index in [1.54, 1.807) is 11.0 Å². The zero-order valence-corrected chi connectivity index (χ0v) is 16.3. The van der Waals surface area contributed by atoms with Crippen LogP contribution in [0.1, 0.15) is 25.1 Å². The van der Waals surface area contributed by atoms with Crippen LogP contribution in [-0.4, -0.2) is 28.5 Å². The normalized spacial score (nSPS) is 17.0. The van der Waals surface area contributed by atoms with Crippen molar-refractivity contribution in [3.63, 3.8) is 0 Å². The average molecular weight is 387 g/mol. The van der Waals surface area contributed by atoms with Gasteiger partial charge in [0.1, 0.15) is 0 Å². The van der Waals surface area contributed by atoms with Crippen molar-refractivity contribution < 1.29 is 9.59 Å². The molecule has 6 nitrogen and oxygen atoms in total. The summed E-state index contributed by atoms with van der Waals surface area (Å²) in [5.41, 5.74) is 2.56. The molecule has 2 heterocycles. The topological polar surface area (TPSA) is 74.7 Å². The van der Waals surface area contributed by atoms with Crippen LogP contribution in [0.15, 0.2) is 39.5 Å². The first-order chi connectivity index (χ1) is 12.5. The first kappa shape index (κ1) is 18.3. The number of carbonyl (C=O) groups excluding carboxylic acids is 2. The minimum absolute atomic E-state index is 0.0541. The van der Waals surface area contributed by atoms with E-state index in [2.05, 4.69) is 15.3 Å². The molecule has 1 N–H and O–H groups in total. The van der Waals surface area contributed by atoms with Crippen molar-refractivity contribution in [1.82, 2.24) is 10.3 Å². The maximum atomic E-state index is 12.2. The number of aliphatic imine (C=N–C) groups is 1. The molecule has 2 aromatic rings. The molecule has 0 bridgehead atoms. The molecule has 0 spiro atoms. The van der Waals surface area contributed by atoms with Gasteiger partial charge in [-0.1, -0.05) is 12.1 Å². The van der Waals surface area contributed by atoms with E-state index < -0.39 is 0 Å². The van der Waals surface area contributed by atoms with Gasteiger partial charge in [-0.05, 0) is 49.4 Å². The molecule has 1 aliphatic heterocycles. The van der Waals surface area contributed by atoms with Crippen LogP contribution < -0.4 is 10.2 Å². The van der Waals surface area contributed by atoms with Gasteiger partial charge in [-0.15, -0.1) is 11.3 Å². The molecule has 2 amide bonds. The summed E-state index contributed by atoms with van der Waals surface area (Å²) >= 11 is 2.66. The summed E-state index contributed by atoms with van der Waals surface area (Å²) in [5, 5.41) is 5.77. The van der Waals surface area contributed by atoms with Gasteiger partial charge < -0.3 is 5.32 Å². The lowest BCUT2D eigenvalue weighted by molar-refractivity contribution is -0.116. The molecule has 1 aromatic heterocycles. The predicted octanol–water partition coefficient (Wildman–Crippen LogP) is 3.72. The number of nitrogens with zero attached hydrogens (tertiary/aromatic N) is 3. The number of carbonyl (C=O) groups is 2. The van der Waals surface area contributed by atoms with Crippen LogP contribution in [0.5, 0.6) is 0 Å². The Morgan fingerprint density at radius 3 is 2.92 bits per heavy atom. The fraction of sp³-hybridized carbons (Fsp3) is 0.222. The van der Waals surface area contributed by atoms with Crippen LogP contribution in [-0.2, 0) is 9.59 Å². The summed E-state index contributed by atoms with van der Waals surface area (Å²) in [4.78, 5) is 34.8. The van der Waals surface area contributed by atoms with Gasteiger partial charge in [0.2, 0.25) is 5.91 Å². The van der Waals surface area contributed by atoms with Crippen molar-refractivity contribution in [3.05, 3.63) is 45.8 Å². The van der Waals surface area contributed by atoms with E-state index in [-0.39, 0.29) is 11.8 Å². The second kappa shape index (κ2) is 7.84. The molecule has 26 heavy (non-hydrogen) atoms. The standard InChI is InChI=1S/C18H18N4O2S2/c1-4-22(12(3)23)18-20-14(10-25-18)9-15-16(24)21-17(26-15)19-13-7-5-6-11(2)8-13/h5-10H,4H2,1-3H3,(H,19,21,24)/b15-9+. The van der Waals surface area contributed by atoms with E-state index in [0.717, 1.165) is 11.3 Å². The molecule has 0 radical (unpaired) electrons. The van der Waals surface area contributed by atoms with Crippen LogP contribution in [0, 0.1) is 6.92 Å². The van der Waals surface area contributed by atoms with Gasteiger partial charge in [-0.25, -0.2) is 9.98 Å². The van der Waals surface area contributed by atoms with E-state index in [9.17, 15) is 9.59 Å². The van der Waals surface area contributed by atoms with Gasteiger partial charge in [-0.3, -0.25) is 14.5 Å². The number of amidine groups is 1. The number of rotatable bonds is 4. The summed E-state index contributed by atoms with van der Waals surface area (Å²) in [6, 6.07) is 7.77. The molecule has 3 rings (SSSR count). The monoisotopic (exact) mass is 386 g/mol.